The molecule has 0 saturated heterocycles. The second-order valence-electron chi connectivity index (χ2n) is 4.83. The molecule has 0 saturated carbocycles. The number of para-hydroxylation sites is 1. The van der Waals surface area contributed by atoms with E-state index in [0.717, 1.165) is 24.4 Å². The molecular formula is C17H22N2O. The molecule has 0 fully saturated rings. The Morgan fingerprint density at radius 1 is 1.05 bits per heavy atom. The van der Waals surface area contributed by atoms with Crippen LogP contribution in [0.1, 0.15) is 25.8 Å². The lowest BCUT2D eigenvalue weighted by Gasteiger charge is -2.14. The second-order valence-corrected chi connectivity index (χ2v) is 4.83. The fraction of sp³-hybridized carbons (Fsp3) is 0.294. The molecular weight excluding hydrogens is 248 g/mol. The molecule has 0 radical (unpaired) electrons. The van der Waals surface area contributed by atoms with E-state index in [1.165, 1.54) is 5.56 Å². The molecule has 0 amide bonds. The minimum absolute atomic E-state index is 0.251. The van der Waals surface area contributed by atoms with Gasteiger partial charge in [0.1, 0.15) is 5.75 Å². The maximum atomic E-state index is 5.82. The van der Waals surface area contributed by atoms with Crippen molar-refractivity contribution in [1.29, 1.82) is 0 Å². The van der Waals surface area contributed by atoms with Crippen LogP contribution >= 0.6 is 0 Å². The Hall–Kier alpha value is -2.00. The van der Waals surface area contributed by atoms with Crippen LogP contribution in [0.25, 0.3) is 0 Å². The van der Waals surface area contributed by atoms with Gasteiger partial charge in [-0.3, -0.25) is 0 Å². The Balaban J connectivity index is 1.85. The number of hydrazine groups is 1. The predicted molar refractivity (Wildman–Crippen MR) is 83.7 cm³/mol. The second kappa shape index (κ2) is 7.56. The van der Waals surface area contributed by atoms with Crippen molar-refractivity contribution in [1.82, 2.24) is 5.43 Å². The molecule has 106 valence electrons. The molecule has 0 heterocycles. The van der Waals surface area contributed by atoms with Crippen molar-refractivity contribution in [2.75, 3.05) is 5.43 Å². The molecule has 0 spiro atoms. The van der Waals surface area contributed by atoms with Crippen LogP contribution in [-0.4, -0.2) is 6.10 Å². The maximum Gasteiger partial charge on any atom is 0.120 e. The van der Waals surface area contributed by atoms with Gasteiger partial charge >= 0.3 is 0 Å². The van der Waals surface area contributed by atoms with Crippen LogP contribution in [-0.2, 0) is 6.54 Å². The van der Waals surface area contributed by atoms with Crippen molar-refractivity contribution in [3.05, 3.63) is 60.2 Å². The number of hydrogen-bond acceptors (Lipinski definition) is 3. The number of anilines is 1. The van der Waals surface area contributed by atoms with Gasteiger partial charge in [-0.05, 0) is 43.2 Å². The zero-order valence-electron chi connectivity index (χ0n) is 12.1. The molecule has 0 aliphatic carbocycles. The minimum atomic E-state index is 0.251. The van der Waals surface area contributed by atoms with Gasteiger partial charge in [0.15, 0.2) is 0 Å². The first-order chi connectivity index (χ1) is 9.78. The first-order valence-electron chi connectivity index (χ1n) is 7.07. The highest BCUT2D eigenvalue weighted by Crippen LogP contribution is 2.15. The predicted octanol–water partition coefficient (Wildman–Crippen LogP) is 3.98. The zero-order chi connectivity index (χ0) is 14.2. The van der Waals surface area contributed by atoms with Crippen molar-refractivity contribution >= 4 is 5.69 Å². The molecule has 20 heavy (non-hydrogen) atoms. The molecule has 1 unspecified atom stereocenters. The van der Waals surface area contributed by atoms with Crippen molar-refractivity contribution in [2.45, 2.75) is 32.9 Å². The highest BCUT2D eigenvalue weighted by atomic mass is 16.5. The van der Waals surface area contributed by atoms with E-state index in [4.69, 9.17) is 4.74 Å². The highest BCUT2D eigenvalue weighted by molar-refractivity contribution is 5.41. The number of hydrogen-bond donors (Lipinski definition) is 2. The van der Waals surface area contributed by atoms with Gasteiger partial charge in [-0.2, -0.15) is 0 Å². The van der Waals surface area contributed by atoms with Gasteiger partial charge in [0.2, 0.25) is 0 Å². The van der Waals surface area contributed by atoms with E-state index in [0.29, 0.717) is 0 Å². The van der Waals surface area contributed by atoms with Gasteiger partial charge in [0, 0.05) is 12.2 Å². The molecule has 2 rings (SSSR count). The standard InChI is InChI=1S/C17H22N2O/c1-3-14(2)20-17-11-7-8-15(12-17)13-18-19-16-9-5-4-6-10-16/h4-12,14,18-19H,3,13H2,1-2H3. The summed E-state index contributed by atoms with van der Waals surface area (Å²) in [5.41, 5.74) is 8.62. The fourth-order valence-electron chi connectivity index (χ4n) is 1.81. The summed E-state index contributed by atoms with van der Waals surface area (Å²) < 4.78 is 5.82. The van der Waals surface area contributed by atoms with Crippen LogP contribution in [0, 0.1) is 0 Å². The average Bonchev–Trinajstić information content (AvgIpc) is 2.48. The third-order valence-electron chi connectivity index (χ3n) is 3.11. The monoisotopic (exact) mass is 270 g/mol. The van der Waals surface area contributed by atoms with Gasteiger partial charge in [-0.25, -0.2) is 5.43 Å². The first-order valence-corrected chi connectivity index (χ1v) is 7.07. The van der Waals surface area contributed by atoms with E-state index in [2.05, 4.69) is 36.8 Å². The topological polar surface area (TPSA) is 33.3 Å². The molecule has 0 aliphatic rings. The van der Waals surface area contributed by atoms with Crippen LogP contribution in [0.2, 0.25) is 0 Å². The largest absolute Gasteiger partial charge is 0.491 e. The number of ether oxygens (including phenoxy) is 1. The molecule has 3 nitrogen and oxygen atoms in total. The van der Waals surface area contributed by atoms with Crippen LogP contribution < -0.4 is 15.6 Å². The quantitative estimate of drug-likeness (QED) is 0.747. The number of benzene rings is 2. The van der Waals surface area contributed by atoms with E-state index >= 15 is 0 Å². The molecule has 0 bridgehead atoms. The summed E-state index contributed by atoms with van der Waals surface area (Å²) in [4.78, 5) is 0. The maximum absolute atomic E-state index is 5.82. The van der Waals surface area contributed by atoms with Gasteiger partial charge in [0.25, 0.3) is 0 Å². The molecule has 2 N–H and O–H groups in total. The smallest absolute Gasteiger partial charge is 0.120 e. The zero-order valence-corrected chi connectivity index (χ0v) is 12.1. The van der Waals surface area contributed by atoms with Gasteiger partial charge in [0.05, 0.1) is 6.10 Å². The highest BCUT2D eigenvalue weighted by Gasteiger charge is 2.01. The Morgan fingerprint density at radius 2 is 1.85 bits per heavy atom. The van der Waals surface area contributed by atoms with Gasteiger partial charge in [-0.15, -0.1) is 0 Å². The van der Waals surface area contributed by atoms with Crippen molar-refractivity contribution in [2.24, 2.45) is 0 Å². The summed E-state index contributed by atoms with van der Waals surface area (Å²) in [5, 5.41) is 0. The molecule has 1 atom stereocenters. The molecule has 0 aromatic heterocycles. The summed E-state index contributed by atoms with van der Waals surface area (Å²) in [7, 11) is 0. The average molecular weight is 270 g/mol. The van der Waals surface area contributed by atoms with Crippen molar-refractivity contribution in [3.8, 4) is 5.75 Å². The van der Waals surface area contributed by atoms with Crippen molar-refractivity contribution < 1.29 is 4.74 Å². The Kier molecular flexibility index (Phi) is 5.44. The van der Waals surface area contributed by atoms with E-state index in [-0.39, 0.29) is 6.10 Å². The first kappa shape index (κ1) is 14.4. The Bertz CT molecular complexity index is 513. The van der Waals surface area contributed by atoms with Crippen LogP contribution in [0.4, 0.5) is 5.69 Å². The van der Waals surface area contributed by atoms with Crippen LogP contribution in [0.5, 0.6) is 5.75 Å². The fourth-order valence-corrected chi connectivity index (χ4v) is 1.81. The van der Waals surface area contributed by atoms with E-state index in [1.54, 1.807) is 0 Å². The number of rotatable bonds is 7. The lowest BCUT2D eigenvalue weighted by Crippen LogP contribution is -2.20. The molecule has 3 heteroatoms. The van der Waals surface area contributed by atoms with Gasteiger partial charge < -0.3 is 10.2 Å². The molecule has 0 aliphatic heterocycles. The van der Waals surface area contributed by atoms with Crippen LogP contribution in [0.3, 0.4) is 0 Å². The lowest BCUT2D eigenvalue weighted by atomic mass is 10.2. The summed E-state index contributed by atoms with van der Waals surface area (Å²) in [5.74, 6) is 0.929. The summed E-state index contributed by atoms with van der Waals surface area (Å²) in [6.45, 7) is 4.95. The van der Waals surface area contributed by atoms with Crippen molar-refractivity contribution in [3.63, 3.8) is 0 Å². The normalized spacial score (nSPS) is 11.9. The van der Waals surface area contributed by atoms with E-state index in [1.807, 2.05) is 42.5 Å². The summed E-state index contributed by atoms with van der Waals surface area (Å²) in [6.07, 6.45) is 1.26. The Labute approximate surface area is 120 Å². The Morgan fingerprint density at radius 3 is 2.60 bits per heavy atom. The van der Waals surface area contributed by atoms with E-state index < -0.39 is 0 Å². The third-order valence-corrected chi connectivity index (χ3v) is 3.11. The minimum Gasteiger partial charge on any atom is -0.491 e. The molecule has 2 aromatic carbocycles. The molecule has 2 aromatic rings. The van der Waals surface area contributed by atoms with Gasteiger partial charge in [-0.1, -0.05) is 37.3 Å². The third kappa shape index (κ3) is 4.59. The summed E-state index contributed by atoms with van der Waals surface area (Å²) in [6, 6.07) is 18.2. The SMILES string of the molecule is CCC(C)Oc1cccc(CNNc2ccccc2)c1. The van der Waals surface area contributed by atoms with Crippen LogP contribution in [0.15, 0.2) is 54.6 Å². The number of nitrogens with one attached hydrogen (secondary N) is 2. The van der Waals surface area contributed by atoms with E-state index in [9.17, 15) is 0 Å². The summed E-state index contributed by atoms with van der Waals surface area (Å²) >= 11 is 0. The lowest BCUT2D eigenvalue weighted by molar-refractivity contribution is 0.217.